The fraction of sp³-hybridized carbons (Fsp3) is 0.316. The molecule has 2 aromatic rings. The summed E-state index contributed by atoms with van der Waals surface area (Å²) >= 11 is 0. The van der Waals surface area contributed by atoms with Crippen LogP contribution in [0.5, 0.6) is 0 Å². The normalized spacial score (nSPS) is 12.2. The Morgan fingerprint density at radius 2 is 1.36 bits per heavy atom. The van der Waals surface area contributed by atoms with Crippen molar-refractivity contribution in [2.24, 2.45) is 0 Å². The van der Waals surface area contributed by atoms with E-state index in [0.29, 0.717) is 0 Å². The summed E-state index contributed by atoms with van der Waals surface area (Å²) in [6.07, 6.45) is 0. The molecule has 2 aromatic carbocycles. The maximum atomic E-state index is 12.4. The zero-order valence-corrected chi connectivity index (χ0v) is 15.0. The Bertz CT molecular complexity index is 637. The van der Waals surface area contributed by atoms with Gasteiger partial charge in [-0.3, -0.25) is 4.79 Å². The first-order chi connectivity index (χ1) is 10.2. The predicted octanol–water partition coefficient (Wildman–Crippen LogP) is 4.14. The van der Waals surface area contributed by atoms with E-state index < -0.39 is 8.32 Å². The molecule has 0 atom stereocenters. The molecule has 0 spiro atoms. The Balaban J connectivity index is 2.22. The molecule has 0 amide bonds. The van der Waals surface area contributed by atoms with Crippen molar-refractivity contribution in [1.29, 1.82) is 0 Å². The molecule has 0 saturated heterocycles. The lowest BCUT2D eigenvalue weighted by atomic mass is 10.0. The van der Waals surface area contributed by atoms with Crippen LogP contribution in [0, 0.1) is 0 Å². The van der Waals surface area contributed by atoms with Crippen molar-refractivity contribution < 1.29 is 9.22 Å². The van der Waals surface area contributed by atoms with Gasteiger partial charge in [0.15, 0.2) is 5.78 Å². The molecule has 0 aliphatic rings. The van der Waals surface area contributed by atoms with Crippen LogP contribution >= 0.6 is 0 Å². The summed E-state index contributed by atoms with van der Waals surface area (Å²) in [4.78, 5) is 12.4. The highest BCUT2D eigenvalue weighted by atomic mass is 28.4. The Kier molecular flexibility index (Phi) is 4.68. The molecule has 2 rings (SSSR count). The molecule has 0 fully saturated rings. The first-order valence-electron chi connectivity index (χ1n) is 7.59. The van der Waals surface area contributed by atoms with Gasteiger partial charge in [0.2, 0.25) is 8.32 Å². The largest absolute Gasteiger partial charge is 0.408 e. The van der Waals surface area contributed by atoms with Gasteiger partial charge in [-0.2, -0.15) is 0 Å². The Hall–Kier alpha value is -1.71. The summed E-state index contributed by atoms with van der Waals surface area (Å²) in [6.45, 7) is 10.6. The average molecular weight is 312 g/mol. The zero-order chi connectivity index (χ0) is 16.4. The highest BCUT2D eigenvalue weighted by Gasteiger charge is 2.30. The SMILES string of the molecule is CC(C)(C)O[Si](C)(C)c1ccc(C(=O)c2ccccc2)cc1. The summed E-state index contributed by atoms with van der Waals surface area (Å²) in [5.41, 5.74) is 1.28. The molecule has 0 radical (unpaired) electrons. The van der Waals surface area contributed by atoms with Gasteiger partial charge in [0.25, 0.3) is 0 Å². The van der Waals surface area contributed by atoms with Crippen LogP contribution in [0.2, 0.25) is 13.1 Å². The number of hydrogen-bond acceptors (Lipinski definition) is 2. The third-order valence-electron chi connectivity index (χ3n) is 3.44. The third-order valence-corrected chi connectivity index (χ3v) is 6.29. The van der Waals surface area contributed by atoms with Gasteiger partial charge in [0.05, 0.1) is 0 Å². The van der Waals surface area contributed by atoms with Crippen LogP contribution in [-0.2, 0) is 4.43 Å². The molecule has 0 aromatic heterocycles. The van der Waals surface area contributed by atoms with E-state index in [1.165, 1.54) is 5.19 Å². The minimum absolute atomic E-state index is 0.0587. The Morgan fingerprint density at radius 1 is 0.864 bits per heavy atom. The molecule has 0 aliphatic carbocycles. The van der Waals surface area contributed by atoms with Crippen molar-refractivity contribution in [3.63, 3.8) is 0 Å². The molecule has 3 heteroatoms. The van der Waals surface area contributed by atoms with Crippen LogP contribution < -0.4 is 5.19 Å². The predicted molar refractivity (Wildman–Crippen MR) is 94.3 cm³/mol. The second-order valence-corrected chi connectivity index (χ2v) is 10.8. The minimum atomic E-state index is -1.96. The molecule has 2 nitrogen and oxygen atoms in total. The van der Waals surface area contributed by atoms with Crippen LogP contribution in [0.3, 0.4) is 0 Å². The van der Waals surface area contributed by atoms with Crippen molar-refractivity contribution in [3.8, 4) is 0 Å². The number of carbonyl (C=O) groups excluding carboxylic acids is 1. The van der Waals surface area contributed by atoms with Gasteiger partial charge in [-0.05, 0) is 39.1 Å². The molecule has 22 heavy (non-hydrogen) atoms. The second-order valence-electron chi connectivity index (χ2n) is 7.00. The van der Waals surface area contributed by atoms with Gasteiger partial charge in [-0.1, -0.05) is 54.6 Å². The van der Waals surface area contributed by atoms with Crippen molar-refractivity contribution >= 4 is 19.3 Å². The molecule has 0 heterocycles. The highest BCUT2D eigenvalue weighted by Crippen LogP contribution is 2.17. The average Bonchev–Trinajstić information content (AvgIpc) is 2.45. The first-order valence-corrected chi connectivity index (χ1v) is 10.5. The quantitative estimate of drug-likeness (QED) is 0.626. The number of ketones is 1. The summed E-state index contributed by atoms with van der Waals surface area (Å²) in [5.74, 6) is 0.0587. The second kappa shape index (κ2) is 6.19. The molecule has 0 saturated carbocycles. The smallest absolute Gasteiger partial charge is 0.218 e. The molecule has 0 aliphatic heterocycles. The van der Waals surface area contributed by atoms with Gasteiger partial charge < -0.3 is 4.43 Å². The lowest BCUT2D eigenvalue weighted by Crippen LogP contribution is -2.49. The van der Waals surface area contributed by atoms with Gasteiger partial charge in [0.1, 0.15) is 0 Å². The van der Waals surface area contributed by atoms with E-state index in [4.69, 9.17) is 4.43 Å². The minimum Gasteiger partial charge on any atom is -0.408 e. The van der Waals surface area contributed by atoms with Gasteiger partial charge >= 0.3 is 0 Å². The molecule has 0 bridgehead atoms. The van der Waals surface area contributed by atoms with Crippen LogP contribution in [0.1, 0.15) is 36.7 Å². The standard InChI is InChI=1S/C19H24O2Si/c1-19(2,3)21-22(4,5)17-13-11-16(12-14-17)18(20)15-9-7-6-8-10-15/h6-14H,1-5H3. The van der Waals surface area contributed by atoms with Crippen molar-refractivity contribution in [3.05, 3.63) is 65.7 Å². The summed E-state index contributed by atoms with van der Waals surface area (Å²) in [7, 11) is -1.96. The van der Waals surface area contributed by atoms with E-state index in [0.717, 1.165) is 11.1 Å². The molecule has 0 unspecified atom stereocenters. The zero-order valence-electron chi connectivity index (χ0n) is 14.0. The van der Waals surface area contributed by atoms with E-state index in [1.807, 2.05) is 54.6 Å². The lowest BCUT2D eigenvalue weighted by molar-refractivity contribution is 0.103. The molecule has 0 N–H and O–H groups in total. The van der Waals surface area contributed by atoms with Crippen LogP contribution in [-0.4, -0.2) is 19.7 Å². The van der Waals surface area contributed by atoms with E-state index in [2.05, 4.69) is 33.9 Å². The Morgan fingerprint density at radius 3 is 1.86 bits per heavy atom. The molecular weight excluding hydrogens is 288 g/mol. The number of carbonyl (C=O) groups is 1. The van der Waals surface area contributed by atoms with Crippen LogP contribution in [0.4, 0.5) is 0 Å². The molecular formula is C19H24O2Si. The van der Waals surface area contributed by atoms with Gasteiger partial charge in [0, 0.05) is 16.7 Å². The fourth-order valence-electron chi connectivity index (χ4n) is 2.60. The van der Waals surface area contributed by atoms with E-state index in [9.17, 15) is 4.79 Å². The van der Waals surface area contributed by atoms with E-state index in [1.54, 1.807) is 0 Å². The van der Waals surface area contributed by atoms with Crippen molar-refractivity contribution in [2.75, 3.05) is 0 Å². The topological polar surface area (TPSA) is 26.3 Å². The van der Waals surface area contributed by atoms with Crippen LogP contribution in [0.25, 0.3) is 0 Å². The number of hydrogen-bond donors (Lipinski definition) is 0. The maximum Gasteiger partial charge on any atom is 0.218 e. The maximum absolute atomic E-state index is 12.4. The van der Waals surface area contributed by atoms with Crippen molar-refractivity contribution in [1.82, 2.24) is 0 Å². The fourth-order valence-corrected chi connectivity index (χ4v) is 5.22. The Labute approximate surface area is 134 Å². The first kappa shape index (κ1) is 16.7. The number of rotatable bonds is 4. The summed E-state index contributed by atoms with van der Waals surface area (Å²) < 4.78 is 6.25. The highest BCUT2D eigenvalue weighted by molar-refractivity contribution is 6.84. The third kappa shape index (κ3) is 4.15. The lowest BCUT2D eigenvalue weighted by Gasteiger charge is -2.32. The van der Waals surface area contributed by atoms with Gasteiger partial charge in [-0.25, -0.2) is 0 Å². The van der Waals surface area contributed by atoms with Crippen LogP contribution in [0.15, 0.2) is 54.6 Å². The summed E-state index contributed by atoms with van der Waals surface area (Å²) in [5, 5.41) is 1.20. The van der Waals surface area contributed by atoms with Gasteiger partial charge in [-0.15, -0.1) is 0 Å². The van der Waals surface area contributed by atoms with Crippen molar-refractivity contribution in [2.45, 2.75) is 39.5 Å². The monoisotopic (exact) mass is 312 g/mol. The summed E-state index contributed by atoms with van der Waals surface area (Å²) in [6, 6.07) is 17.3. The number of benzene rings is 2. The van der Waals surface area contributed by atoms with E-state index in [-0.39, 0.29) is 11.4 Å². The van der Waals surface area contributed by atoms with E-state index >= 15 is 0 Å². The molecule has 116 valence electrons.